The van der Waals surface area contributed by atoms with E-state index in [1.165, 1.54) is 103 Å². The van der Waals surface area contributed by atoms with Crippen LogP contribution in [-0.2, 0) is 10.8 Å². The third kappa shape index (κ3) is 10.4. The molecule has 0 aromatic heterocycles. The van der Waals surface area contributed by atoms with Crippen LogP contribution in [0.4, 0.5) is 0 Å². The fourth-order valence-electron chi connectivity index (χ4n) is 6.98. The molecule has 0 radical (unpaired) electrons. The van der Waals surface area contributed by atoms with Gasteiger partial charge in [0.1, 0.15) is 0 Å². The SMILES string of the molecule is C#CCCC1(CCCCC)CCC1.CCC/C(CC)=C1\CC(c2ccc(C(C)(C)C)cc2)=CC=C1c1ccc(C(C)(C)C)cc1. The molecule has 0 nitrogen and oxygen atoms in total. The van der Waals surface area contributed by atoms with Crippen molar-refractivity contribution in [2.45, 2.75) is 157 Å². The van der Waals surface area contributed by atoms with Gasteiger partial charge in [-0.3, -0.25) is 0 Å². The average Bonchev–Trinajstić information content (AvgIpc) is 3.00. The number of allylic oxidation sites excluding steroid dienone is 6. The van der Waals surface area contributed by atoms with Crippen LogP contribution in [0, 0.1) is 17.8 Å². The van der Waals surface area contributed by atoms with Gasteiger partial charge in [0, 0.05) is 6.42 Å². The number of hydrogen-bond donors (Lipinski definition) is 0. The minimum atomic E-state index is 0.182. The molecule has 2 aromatic carbocycles. The summed E-state index contributed by atoms with van der Waals surface area (Å²) in [6.45, 7) is 20.6. The van der Waals surface area contributed by atoms with Crippen LogP contribution < -0.4 is 0 Å². The normalized spacial score (nSPS) is 17.2. The summed E-state index contributed by atoms with van der Waals surface area (Å²) in [5.41, 5.74) is 12.5. The molecule has 45 heavy (non-hydrogen) atoms. The van der Waals surface area contributed by atoms with Crippen LogP contribution in [0.1, 0.15) is 168 Å². The maximum atomic E-state index is 5.32. The quantitative estimate of drug-likeness (QED) is 0.177. The van der Waals surface area contributed by atoms with Gasteiger partial charge in [0.25, 0.3) is 0 Å². The van der Waals surface area contributed by atoms with Gasteiger partial charge in [-0.1, -0.05) is 161 Å². The Bertz CT molecular complexity index is 1330. The fraction of sp³-hybridized carbons (Fsp3) is 0.556. The molecule has 244 valence electrons. The molecule has 0 heterocycles. The molecule has 1 saturated carbocycles. The van der Waals surface area contributed by atoms with E-state index in [4.69, 9.17) is 6.42 Å². The van der Waals surface area contributed by atoms with Crippen molar-refractivity contribution >= 4 is 11.1 Å². The first-order valence-electron chi connectivity index (χ1n) is 18.1. The Labute approximate surface area is 278 Å². The Hall–Kier alpha value is -2.78. The lowest BCUT2D eigenvalue weighted by molar-refractivity contribution is 0.104. The molecular formula is C45H64. The van der Waals surface area contributed by atoms with E-state index in [9.17, 15) is 0 Å². The zero-order valence-corrected chi connectivity index (χ0v) is 30.5. The molecule has 0 unspecified atom stereocenters. The van der Waals surface area contributed by atoms with Crippen LogP contribution in [-0.4, -0.2) is 0 Å². The highest BCUT2D eigenvalue weighted by Gasteiger charge is 2.35. The summed E-state index contributed by atoms with van der Waals surface area (Å²) >= 11 is 0. The number of benzene rings is 2. The van der Waals surface area contributed by atoms with Gasteiger partial charge in [0.15, 0.2) is 0 Å². The molecule has 0 aliphatic heterocycles. The predicted molar refractivity (Wildman–Crippen MR) is 202 cm³/mol. The second kappa shape index (κ2) is 16.7. The Kier molecular flexibility index (Phi) is 13.6. The molecule has 4 rings (SSSR count). The monoisotopic (exact) mass is 605 g/mol. The summed E-state index contributed by atoms with van der Waals surface area (Å²) in [7, 11) is 0. The average molecular weight is 605 g/mol. The van der Waals surface area contributed by atoms with Gasteiger partial charge in [-0.25, -0.2) is 0 Å². The van der Waals surface area contributed by atoms with Crippen LogP contribution in [0.25, 0.3) is 11.1 Å². The van der Waals surface area contributed by atoms with Gasteiger partial charge in [-0.05, 0) is 100 Å². The molecule has 0 spiro atoms. The predicted octanol–water partition coefficient (Wildman–Crippen LogP) is 13.8. The van der Waals surface area contributed by atoms with E-state index >= 15 is 0 Å². The Morgan fingerprint density at radius 3 is 1.76 bits per heavy atom. The van der Waals surface area contributed by atoms with Gasteiger partial charge in [0.2, 0.25) is 0 Å². The third-order valence-corrected chi connectivity index (χ3v) is 10.3. The van der Waals surface area contributed by atoms with Gasteiger partial charge in [0.05, 0.1) is 0 Å². The number of hydrogen-bond acceptors (Lipinski definition) is 0. The maximum Gasteiger partial charge on any atom is 0.00913 e. The highest BCUT2D eigenvalue weighted by atomic mass is 14.4. The van der Waals surface area contributed by atoms with Crippen LogP contribution in [0.15, 0.2) is 71.8 Å². The molecule has 0 amide bonds. The van der Waals surface area contributed by atoms with Crippen molar-refractivity contribution in [3.8, 4) is 12.3 Å². The van der Waals surface area contributed by atoms with Crippen LogP contribution >= 0.6 is 0 Å². The van der Waals surface area contributed by atoms with Crippen molar-refractivity contribution in [1.29, 1.82) is 0 Å². The molecule has 2 aliphatic carbocycles. The van der Waals surface area contributed by atoms with E-state index in [-0.39, 0.29) is 10.8 Å². The smallest absolute Gasteiger partial charge is 0.00913 e. The second-order valence-electron chi connectivity index (χ2n) is 15.8. The van der Waals surface area contributed by atoms with Crippen molar-refractivity contribution in [1.82, 2.24) is 0 Å². The first kappa shape index (κ1) is 36.7. The second-order valence-corrected chi connectivity index (χ2v) is 15.8. The van der Waals surface area contributed by atoms with Crippen molar-refractivity contribution in [3.05, 3.63) is 94.1 Å². The first-order chi connectivity index (χ1) is 21.4. The summed E-state index contributed by atoms with van der Waals surface area (Å²) in [5, 5.41) is 0. The summed E-state index contributed by atoms with van der Waals surface area (Å²) in [4.78, 5) is 0. The van der Waals surface area contributed by atoms with E-state index in [2.05, 4.69) is 129 Å². The van der Waals surface area contributed by atoms with E-state index in [0.29, 0.717) is 5.41 Å². The first-order valence-corrected chi connectivity index (χ1v) is 18.1. The van der Waals surface area contributed by atoms with Gasteiger partial charge < -0.3 is 0 Å². The summed E-state index contributed by atoms with van der Waals surface area (Å²) < 4.78 is 0. The van der Waals surface area contributed by atoms with Crippen molar-refractivity contribution < 1.29 is 0 Å². The minimum absolute atomic E-state index is 0.182. The van der Waals surface area contributed by atoms with E-state index in [1.54, 1.807) is 5.57 Å². The lowest BCUT2D eigenvalue weighted by Crippen LogP contribution is -2.29. The van der Waals surface area contributed by atoms with Gasteiger partial charge in [-0.2, -0.15) is 0 Å². The standard InChI is InChI=1S/C32H42.C13H22/c1-9-11-23(10-2)30-22-26(24-12-17-27(18-13-24)31(3,4)5)16-21-29(30)25-14-19-28(20-15-25)32(6,7)8;1-3-5-7-10-13(9-6-4-2)11-8-12-13/h12-21H,9-11,22H2,1-8H3;2H,3,5-12H2,1H3/b30-23+;. The third-order valence-electron chi connectivity index (χ3n) is 10.3. The molecular weight excluding hydrogens is 540 g/mol. The van der Waals surface area contributed by atoms with Crippen LogP contribution in [0.5, 0.6) is 0 Å². The summed E-state index contributed by atoms with van der Waals surface area (Å²) in [5.74, 6) is 2.78. The lowest BCUT2D eigenvalue weighted by atomic mass is 9.63. The highest BCUT2D eigenvalue weighted by Crippen LogP contribution is 2.48. The summed E-state index contributed by atoms with van der Waals surface area (Å²) in [6, 6.07) is 18.5. The van der Waals surface area contributed by atoms with Crippen LogP contribution in [0.3, 0.4) is 0 Å². The van der Waals surface area contributed by atoms with Gasteiger partial charge >= 0.3 is 0 Å². The maximum absolute atomic E-state index is 5.32. The molecule has 2 aliphatic rings. The zero-order chi connectivity index (χ0) is 33.1. The lowest BCUT2D eigenvalue weighted by Gasteiger charge is -2.42. The largest absolute Gasteiger partial charge is 0.120 e. The molecule has 0 bridgehead atoms. The van der Waals surface area contributed by atoms with Crippen molar-refractivity contribution in [2.75, 3.05) is 0 Å². The molecule has 0 N–H and O–H groups in total. The topological polar surface area (TPSA) is 0 Å². The Morgan fingerprint density at radius 1 is 0.733 bits per heavy atom. The number of rotatable bonds is 11. The molecule has 0 saturated heterocycles. The van der Waals surface area contributed by atoms with E-state index in [0.717, 1.165) is 19.3 Å². The fourth-order valence-corrected chi connectivity index (χ4v) is 6.98. The van der Waals surface area contributed by atoms with Gasteiger partial charge in [-0.15, -0.1) is 12.3 Å². The minimum Gasteiger partial charge on any atom is -0.120 e. The number of terminal acetylenes is 1. The van der Waals surface area contributed by atoms with E-state index < -0.39 is 0 Å². The summed E-state index contributed by atoms with van der Waals surface area (Å²) in [6.07, 6.45) is 26.7. The van der Waals surface area contributed by atoms with E-state index in [1.807, 2.05) is 0 Å². The van der Waals surface area contributed by atoms with Crippen LogP contribution in [0.2, 0.25) is 0 Å². The van der Waals surface area contributed by atoms with Crippen molar-refractivity contribution in [3.63, 3.8) is 0 Å². The Balaban J connectivity index is 0.000000355. The molecule has 1 fully saturated rings. The molecule has 0 heteroatoms. The molecule has 0 atom stereocenters. The Morgan fingerprint density at radius 2 is 1.31 bits per heavy atom. The zero-order valence-electron chi connectivity index (χ0n) is 30.5. The number of unbranched alkanes of at least 4 members (excludes halogenated alkanes) is 2. The van der Waals surface area contributed by atoms with Crippen molar-refractivity contribution in [2.24, 2.45) is 5.41 Å². The highest BCUT2D eigenvalue weighted by molar-refractivity contribution is 5.89. The molecule has 2 aromatic rings.